The van der Waals surface area contributed by atoms with Gasteiger partial charge in [0.25, 0.3) is 0 Å². The number of benzene rings is 1. The second-order valence-electron chi connectivity index (χ2n) is 4.53. The molecular formula is C15H15N3. The van der Waals surface area contributed by atoms with Gasteiger partial charge in [0, 0.05) is 5.56 Å². The molecule has 3 rings (SSSR count). The van der Waals surface area contributed by atoms with Gasteiger partial charge < -0.3 is 0 Å². The van der Waals surface area contributed by atoms with Crippen LogP contribution in [0.3, 0.4) is 0 Å². The normalized spacial score (nSPS) is 14.6. The van der Waals surface area contributed by atoms with Gasteiger partial charge in [0.1, 0.15) is 5.69 Å². The van der Waals surface area contributed by atoms with E-state index in [-0.39, 0.29) is 0 Å². The SMILES string of the molecule is Cc1cccc(-c2cn(C3=CCCC=C3)nn2)c1. The summed E-state index contributed by atoms with van der Waals surface area (Å²) in [4.78, 5) is 0. The fraction of sp³-hybridized carbons (Fsp3) is 0.200. The Morgan fingerprint density at radius 2 is 2.17 bits per heavy atom. The van der Waals surface area contributed by atoms with E-state index in [0.29, 0.717) is 0 Å². The highest BCUT2D eigenvalue weighted by Gasteiger charge is 2.06. The van der Waals surface area contributed by atoms with Crippen LogP contribution in [-0.2, 0) is 0 Å². The largest absolute Gasteiger partial charge is 0.220 e. The van der Waals surface area contributed by atoms with Crippen LogP contribution in [0.25, 0.3) is 17.0 Å². The monoisotopic (exact) mass is 237 g/mol. The van der Waals surface area contributed by atoms with Gasteiger partial charge in [0.2, 0.25) is 0 Å². The number of nitrogens with zero attached hydrogens (tertiary/aromatic N) is 3. The molecule has 1 aliphatic rings. The first kappa shape index (κ1) is 11.0. The molecule has 0 atom stereocenters. The van der Waals surface area contributed by atoms with Crippen LogP contribution < -0.4 is 0 Å². The molecular weight excluding hydrogens is 222 g/mol. The summed E-state index contributed by atoms with van der Waals surface area (Å²) in [6, 6.07) is 8.32. The van der Waals surface area contributed by atoms with Crippen LogP contribution >= 0.6 is 0 Å². The van der Waals surface area contributed by atoms with E-state index in [1.165, 1.54) is 5.56 Å². The number of rotatable bonds is 2. The number of allylic oxidation sites excluding steroid dienone is 4. The van der Waals surface area contributed by atoms with Gasteiger partial charge in [-0.3, -0.25) is 0 Å². The Kier molecular flexibility index (Phi) is 2.81. The summed E-state index contributed by atoms with van der Waals surface area (Å²) in [6.07, 6.45) is 10.6. The fourth-order valence-corrected chi connectivity index (χ4v) is 2.10. The molecule has 0 amide bonds. The molecule has 0 unspecified atom stereocenters. The van der Waals surface area contributed by atoms with E-state index in [2.05, 4.69) is 53.7 Å². The van der Waals surface area contributed by atoms with Gasteiger partial charge in [0.15, 0.2) is 0 Å². The molecule has 0 saturated heterocycles. The van der Waals surface area contributed by atoms with Crippen molar-refractivity contribution >= 4 is 5.70 Å². The predicted octanol–water partition coefficient (Wildman–Crippen LogP) is 3.44. The summed E-state index contributed by atoms with van der Waals surface area (Å²) in [5.74, 6) is 0. The third kappa shape index (κ3) is 2.12. The molecule has 90 valence electrons. The summed E-state index contributed by atoms with van der Waals surface area (Å²) >= 11 is 0. The highest BCUT2D eigenvalue weighted by atomic mass is 15.4. The molecule has 0 spiro atoms. The van der Waals surface area contributed by atoms with Gasteiger partial charge in [-0.05, 0) is 31.9 Å². The van der Waals surface area contributed by atoms with Crippen LogP contribution in [0.4, 0.5) is 0 Å². The maximum absolute atomic E-state index is 4.24. The summed E-state index contributed by atoms with van der Waals surface area (Å²) in [7, 11) is 0. The van der Waals surface area contributed by atoms with Gasteiger partial charge >= 0.3 is 0 Å². The van der Waals surface area contributed by atoms with Crippen molar-refractivity contribution in [1.29, 1.82) is 0 Å². The molecule has 0 radical (unpaired) electrons. The molecule has 0 saturated carbocycles. The van der Waals surface area contributed by atoms with E-state index >= 15 is 0 Å². The lowest BCUT2D eigenvalue weighted by Crippen LogP contribution is -1.97. The highest BCUT2D eigenvalue weighted by molar-refractivity contribution is 5.62. The average Bonchev–Trinajstić information content (AvgIpc) is 2.89. The lowest BCUT2D eigenvalue weighted by Gasteiger charge is -2.04. The number of aryl methyl sites for hydroxylation is 1. The van der Waals surface area contributed by atoms with E-state index in [0.717, 1.165) is 29.8 Å². The zero-order valence-corrected chi connectivity index (χ0v) is 10.4. The Bertz CT molecular complexity index is 620. The van der Waals surface area contributed by atoms with Crippen LogP contribution in [0, 0.1) is 6.92 Å². The van der Waals surface area contributed by atoms with Crippen molar-refractivity contribution in [2.24, 2.45) is 0 Å². The minimum Gasteiger partial charge on any atom is -0.220 e. The van der Waals surface area contributed by atoms with Crippen molar-refractivity contribution in [3.8, 4) is 11.3 Å². The zero-order chi connectivity index (χ0) is 12.4. The van der Waals surface area contributed by atoms with E-state index in [1.807, 2.05) is 16.9 Å². The summed E-state index contributed by atoms with van der Waals surface area (Å²) in [5, 5.41) is 8.43. The number of hydrogen-bond acceptors (Lipinski definition) is 2. The van der Waals surface area contributed by atoms with Crippen molar-refractivity contribution in [3.63, 3.8) is 0 Å². The zero-order valence-electron chi connectivity index (χ0n) is 10.4. The molecule has 0 fully saturated rings. The summed E-state index contributed by atoms with van der Waals surface area (Å²) in [5.41, 5.74) is 4.37. The van der Waals surface area contributed by atoms with Gasteiger partial charge in [0.05, 0.1) is 11.9 Å². The first-order chi connectivity index (χ1) is 8.83. The molecule has 3 nitrogen and oxygen atoms in total. The first-order valence-electron chi connectivity index (χ1n) is 6.19. The van der Waals surface area contributed by atoms with Gasteiger partial charge in [-0.25, -0.2) is 4.68 Å². The molecule has 1 aromatic carbocycles. The molecule has 18 heavy (non-hydrogen) atoms. The smallest absolute Gasteiger partial charge is 0.113 e. The molecule has 0 aliphatic heterocycles. The molecule has 1 aromatic heterocycles. The quantitative estimate of drug-likeness (QED) is 0.801. The van der Waals surface area contributed by atoms with Gasteiger partial charge in [-0.15, -0.1) is 5.10 Å². The highest BCUT2D eigenvalue weighted by Crippen LogP contribution is 2.20. The van der Waals surface area contributed by atoms with Crippen molar-refractivity contribution in [1.82, 2.24) is 15.0 Å². The topological polar surface area (TPSA) is 30.7 Å². The van der Waals surface area contributed by atoms with Crippen molar-refractivity contribution < 1.29 is 0 Å². The number of aromatic nitrogens is 3. The number of hydrogen-bond donors (Lipinski definition) is 0. The Morgan fingerprint density at radius 3 is 2.94 bits per heavy atom. The van der Waals surface area contributed by atoms with Crippen LogP contribution in [0.1, 0.15) is 18.4 Å². The van der Waals surface area contributed by atoms with Crippen LogP contribution in [0.2, 0.25) is 0 Å². The molecule has 2 aromatic rings. The lowest BCUT2D eigenvalue weighted by molar-refractivity contribution is 0.815. The third-order valence-corrected chi connectivity index (χ3v) is 3.05. The maximum Gasteiger partial charge on any atom is 0.113 e. The van der Waals surface area contributed by atoms with Gasteiger partial charge in [-0.2, -0.15) is 0 Å². The lowest BCUT2D eigenvalue weighted by atomic mass is 10.1. The van der Waals surface area contributed by atoms with Gasteiger partial charge in [-0.1, -0.05) is 41.1 Å². The van der Waals surface area contributed by atoms with Crippen molar-refractivity contribution in [2.45, 2.75) is 19.8 Å². The molecule has 1 heterocycles. The molecule has 0 bridgehead atoms. The Hall–Kier alpha value is -2.16. The maximum atomic E-state index is 4.24. The Balaban J connectivity index is 1.94. The second-order valence-corrected chi connectivity index (χ2v) is 4.53. The van der Waals surface area contributed by atoms with Crippen molar-refractivity contribution in [3.05, 3.63) is 54.3 Å². The standard InChI is InChI=1S/C15H15N3/c1-12-6-5-7-13(10-12)15-11-18(17-16-15)14-8-3-2-4-9-14/h3,5-11H,2,4H2,1H3. The van der Waals surface area contributed by atoms with E-state index in [1.54, 1.807) is 0 Å². The molecule has 0 N–H and O–H groups in total. The minimum atomic E-state index is 0.915. The average molecular weight is 237 g/mol. The van der Waals surface area contributed by atoms with E-state index in [4.69, 9.17) is 0 Å². The Morgan fingerprint density at radius 1 is 1.22 bits per heavy atom. The van der Waals surface area contributed by atoms with Crippen LogP contribution in [0.15, 0.2) is 48.7 Å². The summed E-state index contributed by atoms with van der Waals surface area (Å²) in [6.45, 7) is 2.08. The van der Waals surface area contributed by atoms with E-state index in [9.17, 15) is 0 Å². The van der Waals surface area contributed by atoms with E-state index < -0.39 is 0 Å². The van der Waals surface area contributed by atoms with Crippen LogP contribution in [-0.4, -0.2) is 15.0 Å². The third-order valence-electron chi connectivity index (χ3n) is 3.05. The molecule has 3 heteroatoms. The molecule has 1 aliphatic carbocycles. The fourth-order valence-electron chi connectivity index (χ4n) is 2.10. The predicted molar refractivity (Wildman–Crippen MR) is 72.8 cm³/mol. The first-order valence-corrected chi connectivity index (χ1v) is 6.19. The van der Waals surface area contributed by atoms with Crippen molar-refractivity contribution in [2.75, 3.05) is 0 Å². The second kappa shape index (κ2) is 4.61. The summed E-state index contributed by atoms with van der Waals surface area (Å²) < 4.78 is 1.84. The van der Waals surface area contributed by atoms with Crippen LogP contribution in [0.5, 0.6) is 0 Å². The minimum absolute atomic E-state index is 0.915. The Labute approximate surface area is 106 Å².